The second-order valence-electron chi connectivity index (χ2n) is 13.9. The highest BCUT2D eigenvalue weighted by atomic mass is 16.6. The maximum atomic E-state index is 10.2. The molecule has 2 atom stereocenters. The van der Waals surface area contributed by atoms with Crippen molar-refractivity contribution in [2.45, 2.75) is 123 Å². The minimum atomic E-state index is -1.46. The van der Waals surface area contributed by atoms with Crippen molar-refractivity contribution in [1.29, 1.82) is 0 Å². The lowest BCUT2D eigenvalue weighted by molar-refractivity contribution is 0.0770. The number of aldehydes is 1. The molecule has 0 fully saturated rings. The van der Waals surface area contributed by atoms with Crippen molar-refractivity contribution >= 4 is 55.5 Å². The lowest BCUT2D eigenvalue weighted by atomic mass is 9.80. The topological polar surface area (TPSA) is 182 Å². The van der Waals surface area contributed by atoms with E-state index in [1.54, 1.807) is 24.3 Å². The highest BCUT2D eigenvalue weighted by Crippen LogP contribution is 2.22. The second kappa shape index (κ2) is 28.4. The SMILES string of the molecule is C=CCCCCC.CCCCCC1CC(c2ccc(B(O)O)cc2)=NO1.CCCCCC1CC(c2ccc(B(O)O)cc2)=NO1.O=Cc1ccc(B(O)O)cc1. The standard InChI is InChI=1S/2C14H20BNO3.C7H7BO3.C7H14/c2*1-2-3-4-5-13-10-14(16-19-13)11-6-8-12(9-7-11)15(17)18;9-5-6-1-3-7(4-2-6)8(10)11;1-3-5-7-6-4-2/h2*6-9,13,17-18H,2-5,10H2,1H3;1-5,10-11H;3H,1,4-7H2,2H3. The summed E-state index contributed by atoms with van der Waals surface area (Å²) in [7, 11) is -4.30. The van der Waals surface area contributed by atoms with Gasteiger partial charge in [-0.2, -0.15) is 0 Å². The van der Waals surface area contributed by atoms with Crippen LogP contribution in [0.1, 0.15) is 132 Å². The van der Waals surface area contributed by atoms with E-state index >= 15 is 0 Å². The van der Waals surface area contributed by atoms with E-state index in [-0.39, 0.29) is 12.2 Å². The Morgan fingerprint density at radius 1 is 0.589 bits per heavy atom. The normalized spacial score (nSPS) is 15.2. The number of carbonyl (C=O) groups excluding carboxylic acids is 1. The van der Waals surface area contributed by atoms with Gasteiger partial charge in [-0.3, -0.25) is 4.79 Å². The zero-order valence-corrected chi connectivity index (χ0v) is 33.4. The van der Waals surface area contributed by atoms with Crippen LogP contribution in [0, 0.1) is 0 Å². The molecule has 0 aromatic heterocycles. The quantitative estimate of drug-likeness (QED) is 0.0458. The number of allylic oxidation sites excluding steroid dienone is 1. The average Bonchev–Trinajstić information content (AvgIpc) is 3.90. The van der Waals surface area contributed by atoms with Crippen molar-refractivity contribution in [2.24, 2.45) is 10.3 Å². The van der Waals surface area contributed by atoms with Crippen molar-refractivity contribution in [1.82, 2.24) is 0 Å². The maximum Gasteiger partial charge on any atom is 0.488 e. The molecule has 302 valence electrons. The third-order valence-corrected chi connectivity index (χ3v) is 9.19. The van der Waals surface area contributed by atoms with Crippen molar-refractivity contribution in [3.8, 4) is 0 Å². The smallest absolute Gasteiger partial charge is 0.423 e. The van der Waals surface area contributed by atoms with Crippen molar-refractivity contribution in [3.05, 3.63) is 102 Å². The highest BCUT2D eigenvalue weighted by molar-refractivity contribution is 6.59. The van der Waals surface area contributed by atoms with Gasteiger partial charge in [0.2, 0.25) is 0 Å². The van der Waals surface area contributed by atoms with E-state index in [0.29, 0.717) is 28.2 Å². The van der Waals surface area contributed by atoms with Crippen LogP contribution in [0.15, 0.2) is 95.8 Å². The molecule has 3 aromatic carbocycles. The number of hydrogen-bond donors (Lipinski definition) is 6. The molecule has 3 aromatic rings. The Balaban J connectivity index is 0.000000275. The first-order chi connectivity index (χ1) is 27.1. The van der Waals surface area contributed by atoms with Gasteiger partial charge in [0, 0.05) is 18.4 Å². The molecule has 0 aliphatic carbocycles. The molecule has 0 radical (unpaired) electrons. The van der Waals surface area contributed by atoms with Crippen molar-refractivity contribution in [3.63, 3.8) is 0 Å². The van der Waals surface area contributed by atoms with Gasteiger partial charge in [-0.25, -0.2) is 0 Å². The molecule has 2 heterocycles. The van der Waals surface area contributed by atoms with Gasteiger partial charge >= 0.3 is 21.4 Å². The summed E-state index contributed by atoms with van der Waals surface area (Å²) in [6.45, 7) is 10.2. The van der Waals surface area contributed by atoms with Crippen LogP contribution in [-0.2, 0) is 9.68 Å². The zero-order valence-electron chi connectivity index (χ0n) is 33.4. The van der Waals surface area contributed by atoms with Crippen LogP contribution >= 0.6 is 0 Å². The Bertz CT molecular complexity index is 1490. The van der Waals surface area contributed by atoms with E-state index in [9.17, 15) is 4.79 Å². The van der Waals surface area contributed by atoms with Crippen LogP contribution < -0.4 is 16.4 Å². The predicted molar refractivity (Wildman–Crippen MR) is 229 cm³/mol. The average molecular weight is 770 g/mol. The summed E-state index contributed by atoms with van der Waals surface area (Å²) < 4.78 is 0. The fraction of sp³-hybridized carbons (Fsp3) is 0.452. The molecule has 2 unspecified atom stereocenters. The Hall–Kier alpha value is -4.04. The van der Waals surface area contributed by atoms with E-state index in [0.717, 1.165) is 48.2 Å². The molecule has 2 aliphatic rings. The van der Waals surface area contributed by atoms with Gasteiger partial charge in [-0.15, -0.1) is 6.58 Å². The van der Waals surface area contributed by atoms with E-state index in [1.165, 1.54) is 88.5 Å². The molecule has 11 nitrogen and oxygen atoms in total. The van der Waals surface area contributed by atoms with Crippen molar-refractivity contribution < 1.29 is 44.6 Å². The molecule has 0 spiro atoms. The van der Waals surface area contributed by atoms with Gasteiger partial charge in [0.1, 0.15) is 18.5 Å². The van der Waals surface area contributed by atoms with Crippen LogP contribution in [0.25, 0.3) is 0 Å². The first-order valence-corrected chi connectivity index (χ1v) is 20.0. The molecular weight excluding hydrogens is 709 g/mol. The van der Waals surface area contributed by atoms with Gasteiger partial charge in [-0.05, 0) is 66.0 Å². The van der Waals surface area contributed by atoms with Crippen LogP contribution in [0.5, 0.6) is 0 Å². The minimum absolute atomic E-state index is 0.199. The molecule has 0 bridgehead atoms. The van der Waals surface area contributed by atoms with Crippen LogP contribution in [0.2, 0.25) is 0 Å². The molecule has 0 saturated carbocycles. The van der Waals surface area contributed by atoms with Crippen LogP contribution in [-0.4, -0.2) is 81.4 Å². The number of unbranched alkanes of at least 4 members (excludes halogenated alkanes) is 7. The first kappa shape index (κ1) is 48.1. The number of benzene rings is 3. The number of oxime groups is 2. The summed E-state index contributed by atoms with van der Waals surface area (Å²) in [6, 6.07) is 20.3. The van der Waals surface area contributed by atoms with E-state index < -0.39 is 21.4 Å². The molecular formula is C42H61B3N2O9. The Labute approximate surface area is 334 Å². The zero-order chi connectivity index (χ0) is 41.1. The van der Waals surface area contributed by atoms with Gasteiger partial charge in [0.05, 0.1) is 11.4 Å². The van der Waals surface area contributed by atoms with Gasteiger partial charge in [0.25, 0.3) is 0 Å². The third-order valence-electron chi connectivity index (χ3n) is 9.19. The maximum absolute atomic E-state index is 10.2. The third kappa shape index (κ3) is 18.7. The summed E-state index contributed by atoms with van der Waals surface area (Å²) in [5.74, 6) is 0. The molecule has 56 heavy (non-hydrogen) atoms. The Morgan fingerprint density at radius 2 is 0.946 bits per heavy atom. The second-order valence-corrected chi connectivity index (χ2v) is 13.9. The van der Waals surface area contributed by atoms with E-state index in [4.69, 9.17) is 39.8 Å². The predicted octanol–water partition coefficient (Wildman–Crippen LogP) is 4.81. The fourth-order valence-electron chi connectivity index (χ4n) is 5.73. The summed E-state index contributed by atoms with van der Waals surface area (Å²) in [5, 5.41) is 61.7. The van der Waals surface area contributed by atoms with Crippen molar-refractivity contribution in [2.75, 3.05) is 0 Å². The van der Waals surface area contributed by atoms with Gasteiger partial charge in [-0.1, -0.05) is 148 Å². The number of rotatable bonds is 18. The molecule has 0 amide bonds. The summed E-state index contributed by atoms with van der Waals surface area (Å²) in [4.78, 5) is 21.0. The number of hydrogen-bond acceptors (Lipinski definition) is 11. The lowest BCUT2D eigenvalue weighted by Gasteiger charge is -2.06. The Kier molecular flexibility index (Phi) is 24.4. The first-order valence-electron chi connectivity index (χ1n) is 20.0. The van der Waals surface area contributed by atoms with E-state index in [2.05, 4.69) is 37.7 Å². The minimum Gasteiger partial charge on any atom is -0.423 e. The highest BCUT2D eigenvalue weighted by Gasteiger charge is 2.23. The van der Waals surface area contributed by atoms with Crippen LogP contribution in [0.3, 0.4) is 0 Å². The lowest BCUT2D eigenvalue weighted by Crippen LogP contribution is -2.29. The molecule has 2 aliphatic heterocycles. The molecule has 14 heteroatoms. The Morgan fingerprint density at radius 3 is 1.27 bits per heavy atom. The van der Waals surface area contributed by atoms with Gasteiger partial charge < -0.3 is 39.8 Å². The fourth-order valence-corrected chi connectivity index (χ4v) is 5.73. The number of nitrogens with zero attached hydrogens (tertiary/aromatic N) is 2. The largest absolute Gasteiger partial charge is 0.488 e. The molecule has 5 rings (SSSR count). The van der Waals surface area contributed by atoms with Gasteiger partial charge in [0.15, 0.2) is 0 Å². The monoisotopic (exact) mass is 770 g/mol. The summed E-state index contributed by atoms with van der Waals surface area (Å²) in [6.07, 6.45) is 19.3. The number of carbonyl (C=O) groups is 1. The molecule has 0 saturated heterocycles. The van der Waals surface area contributed by atoms with E-state index in [1.807, 2.05) is 30.3 Å². The summed E-state index contributed by atoms with van der Waals surface area (Å²) in [5.41, 5.74) is 5.75. The van der Waals surface area contributed by atoms with Crippen LogP contribution in [0.4, 0.5) is 0 Å². The summed E-state index contributed by atoms with van der Waals surface area (Å²) >= 11 is 0. The molecule has 6 N–H and O–H groups in total.